The lowest BCUT2D eigenvalue weighted by Gasteiger charge is -2.29. The van der Waals surface area contributed by atoms with Gasteiger partial charge in [0, 0.05) is 30.4 Å². The SMILES string of the molecule is CCn1cc(C(C)NC2CCCC(O)C2)cn1. The molecule has 4 heteroatoms. The maximum atomic E-state index is 9.65. The van der Waals surface area contributed by atoms with Crippen LogP contribution in [0.3, 0.4) is 0 Å². The van der Waals surface area contributed by atoms with Crippen molar-refractivity contribution in [2.45, 2.75) is 64.3 Å². The zero-order valence-corrected chi connectivity index (χ0v) is 10.8. The van der Waals surface area contributed by atoms with E-state index in [1.165, 1.54) is 12.0 Å². The molecule has 1 aromatic rings. The number of hydrogen-bond donors (Lipinski definition) is 2. The Bertz CT molecular complexity index is 350. The van der Waals surface area contributed by atoms with Gasteiger partial charge in [-0.15, -0.1) is 0 Å². The van der Waals surface area contributed by atoms with Crippen LogP contribution in [0.25, 0.3) is 0 Å². The van der Waals surface area contributed by atoms with Gasteiger partial charge in [0.05, 0.1) is 12.3 Å². The van der Waals surface area contributed by atoms with Crippen LogP contribution in [0.2, 0.25) is 0 Å². The minimum atomic E-state index is -0.119. The molecule has 0 bridgehead atoms. The number of aliphatic hydroxyl groups is 1. The quantitative estimate of drug-likeness (QED) is 0.840. The van der Waals surface area contributed by atoms with Gasteiger partial charge in [0.15, 0.2) is 0 Å². The molecule has 0 amide bonds. The predicted octanol–water partition coefficient (Wildman–Crippen LogP) is 1.86. The van der Waals surface area contributed by atoms with Gasteiger partial charge in [0.25, 0.3) is 0 Å². The monoisotopic (exact) mass is 237 g/mol. The second-order valence-corrected chi connectivity index (χ2v) is 5.04. The molecule has 3 unspecified atom stereocenters. The molecule has 1 fully saturated rings. The van der Waals surface area contributed by atoms with Crippen molar-refractivity contribution in [1.82, 2.24) is 15.1 Å². The Hall–Kier alpha value is -0.870. The first-order valence-corrected chi connectivity index (χ1v) is 6.65. The van der Waals surface area contributed by atoms with E-state index >= 15 is 0 Å². The third-order valence-corrected chi connectivity index (χ3v) is 3.61. The van der Waals surface area contributed by atoms with E-state index in [-0.39, 0.29) is 6.10 Å². The molecule has 1 saturated carbocycles. The van der Waals surface area contributed by atoms with Crippen LogP contribution >= 0.6 is 0 Å². The van der Waals surface area contributed by atoms with Crippen LogP contribution in [0.5, 0.6) is 0 Å². The Kier molecular flexibility index (Phi) is 4.18. The number of rotatable bonds is 4. The zero-order chi connectivity index (χ0) is 12.3. The van der Waals surface area contributed by atoms with E-state index in [0.29, 0.717) is 12.1 Å². The summed E-state index contributed by atoms with van der Waals surface area (Å²) in [5.74, 6) is 0. The summed E-state index contributed by atoms with van der Waals surface area (Å²) in [5.41, 5.74) is 1.23. The topological polar surface area (TPSA) is 50.1 Å². The molecule has 0 aromatic carbocycles. The van der Waals surface area contributed by atoms with E-state index in [1.54, 1.807) is 0 Å². The highest BCUT2D eigenvalue weighted by atomic mass is 16.3. The number of aryl methyl sites for hydroxylation is 1. The van der Waals surface area contributed by atoms with E-state index in [1.807, 2.05) is 10.9 Å². The van der Waals surface area contributed by atoms with Crippen molar-refractivity contribution >= 4 is 0 Å². The van der Waals surface area contributed by atoms with Crippen LogP contribution < -0.4 is 5.32 Å². The van der Waals surface area contributed by atoms with Gasteiger partial charge < -0.3 is 10.4 Å². The van der Waals surface area contributed by atoms with Crippen LogP contribution in [0.15, 0.2) is 12.4 Å². The summed E-state index contributed by atoms with van der Waals surface area (Å²) in [6.45, 7) is 5.17. The van der Waals surface area contributed by atoms with E-state index in [4.69, 9.17) is 0 Å². The number of aromatic nitrogens is 2. The highest BCUT2D eigenvalue weighted by Crippen LogP contribution is 2.21. The molecular formula is C13H23N3O. The molecule has 0 spiro atoms. The van der Waals surface area contributed by atoms with Crippen molar-refractivity contribution in [2.75, 3.05) is 0 Å². The third-order valence-electron chi connectivity index (χ3n) is 3.61. The van der Waals surface area contributed by atoms with Crippen LogP contribution in [0.4, 0.5) is 0 Å². The first kappa shape index (κ1) is 12.6. The van der Waals surface area contributed by atoms with Gasteiger partial charge in [-0.2, -0.15) is 5.10 Å². The van der Waals surface area contributed by atoms with Gasteiger partial charge in [0.1, 0.15) is 0 Å². The number of aliphatic hydroxyl groups excluding tert-OH is 1. The summed E-state index contributed by atoms with van der Waals surface area (Å²) in [6, 6.07) is 0.754. The van der Waals surface area contributed by atoms with Crippen LogP contribution in [-0.4, -0.2) is 27.0 Å². The molecule has 4 nitrogen and oxygen atoms in total. The van der Waals surface area contributed by atoms with E-state index in [0.717, 1.165) is 25.8 Å². The Morgan fingerprint density at radius 2 is 2.41 bits per heavy atom. The van der Waals surface area contributed by atoms with E-state index in [9.17, 15) is 5.11 Å². The fraction of sp³-hybridized carbons (Fsp3) is 0.769. The molecule has 0 aliphatic heterocycles. The standard InChI is InChI=1S/C13H23N3O/c1-3-16-9-11(8-14-16)10(2)15-12-5-4-6-13(17)7-12/h8-10,12-13,15,17H,3-7H2,1-2H3. The Labute approximate surface area is 103 Å². The number of hydrogen-bond acceptors (Lipinski definition) is 3. The number of nitrogens with one attached hydrogen (secondary N) is 1. The maximum absolute atomic E-state index is 9.65. The second kappa shape index (κ2) is 5.65. The summed E-state index contributed by atoms with van der Waals surface area (Å²) in [7, 11) is 0. The molecule has 2 rings (SSSR count). The zero-order valence-electron chi connectivity index (χ0n) is 10.8. The summed E-state index contributed by atoms with van der Waals surface area (Å²) in [6.07, 6.45) is 8.04. The summed E-state index contributed by atoms with van der Waals surface area (Å²) >= 11 is 0. The van der Waals surface area contributed by atoms with Crippen molar-refractivity contribution in [2.24, 2.45) is 0 Å². The van der Waals surface area contributed by atoms with E-state index in [2.05, 4.69) is 30.5 Å². The molecule has 1 aromatic heterocycles. The smallest absolute Gasteiger partial charge is 0.0555 e. The Balaban J connectivity index is 1.89. The maximum Gasteiger partial charge on any atom is 0.0555 e. The van der Waals surface area contributed by atoms with Gasteiger partial charge in [0.2, 0.25) is 0 Å². The summed E-state index contributed by atoms with van der Waals surface area (Å²) in [5, 5.41) is 17.5. The van der Waals surface area contributed by atoms with Crippen LogP contribution in [0, 0.1) is 0 Å². The Morgan fingerprint density at radius 3 is 3.06 bits per heavy atom. The van der Waals surface area contributed by atoms with Gasteiger partial charge in [-0.25, -0.2) is 0 Å². The number of nitrogens with zero attached hydrogens (tertiary/aromatic N) is 2. The van der Waals surface area contributed by atoms with Crippen molar-refractivity contribution in [3.05, 3.63) is 18.0 Å². The fourth-order valence-corrected chi connectivity index (χ4v) is 2.54. The third kappa shape index (κ3) is 3.30. The van der Waals surface area contributed by atoms with Crippen molar-refractivity contribution in [1.29, 1.82) is 0 Å². The predicted molar refractivity (Wildman–Crippen MR) is 67.7 cm³/mol. The second-order valence-electron chi connectivity index (χ2n) is 5.04. The fourth-order valence-electron chi connectivity index (χ4n) is 2.54. The molecule has 17 heavy (non-hydrogen) atoms. The van der Waals surface area contributed by atoms with Gasteiger partial charge in [-0.3, -0.25) is 4.68 Å². The average molecular weight is 237 g/mol. The lowest BCUT2D eigenvalue weighted by Crippen LogP contribution is -2.37. The molecule has 0 saturated heterocycles. The van der Waals surface area contributed by atoms with Crippen LogP contribution in [0.1, 0.15) is 51.1 Å². The first-order valence-electron chi connectivity index (χ1n) is 6.65. The normalized spacial score (nSPS) is 27.0. The highest BCUT2D eigenvalue weighted by Gasteiger charge is 2.21. The van der Waals surface area contributed by atoms with Gasteiger partial charge >= 0.3 is 0 Å². The molecule has 1 heterocycles. The molecule has 3 atom stereocenters. The molecular weight excluding hydrogens is 214 g/mol. The van der Waals surface area contributed by atoms with Gasteiger partial charge in [-0.05, 0) is 39.5 Å². The van der Waals surface area contributed by atoms with E-state index < -0.39 is 0 Å². The van der Waals surface area contributed by atoms with Crippen molar-refractivity contribution in [3.8, 4) is 0 Å². The van der Waals surface area contributed by atoms with Crippen molar-refractivity contribution < 1.29 is 5.11 Å². The largest absolute Gasteiger partial charge is 0.393 e. The molecule has 1 aliphatic carbocycles. The molecule has 2 N–H and O–H groups in total. The molecule has 1 aliphatic rings. The van der Waals surface area contributed by atoms with Crippen LogP contribution in [-0.2, 0) is 6.54 Å². The average Bonchev–Trinajstić information content (AvgIpc) is 2.77. The van der Waals surface area contributed by atoms with Gasteiger partial charge in [-0.1, -0.05) is 0 Å². The molecule has 0 radical (unpaired) electrons. The minimum Gasteiger partial charge on any atom is -0.393 e. The van der Waals surface area contributed by atoms with Crippen molar-refractivity contribution in [3.63, 3.8) is 0 Å². The minimum absolute atomic E-state index is 0.119. The lowest BCUT2D eigenvalue weighted by molar-refractivity contribution is 0.109. The highest BCUT2D eigenvalue weighted by molar-refractivity contribution is 5.09. The first-order chi connectivity index (χ1) is 8.19. The summed E-state index contributed by atoms with van der Waals surface area (Å²) < 4.78 is 1.95. The Morgan fingerprint density at radius 1 is 1.59 bits per heavy atom. The molecule has 96 valence electrons. The summed E-state index contributed by atoms with van der Waals surface area (Å²) in [4.78, 5) is 0. The lowest BCUT2D eigenvalue weighted by atomic mass is 9.92.